The van der Waals surface area contributed by atoms with E-state index >= 15 is 0 Å². The van der Waals surface area contributed by atoms with Gasteiger partial charge in [-0.2, -0.15) is 8.75 Å². The smallest absolute Gasteiger partial charge is 0.262 e. The summed E-state index contributed by atoms with van der Waals surface area (Å²) in [5, 5.41) is 2.79. The molecule has 0 unspecified atom stereocenters. The molecule has 112 valence electrons. The fourth-order valence-electron chi connectivity index (χ4n) is 1.85. The van der Waals surface area contributed by atoms with Gasteiger partial charge in [0.2, 0.25) is 0 Å². The van der Waals surface area contributed by atoms with Gasteiger partial charge in [0.25, 0.3) is 5.91 Å². The summed E-state index contributed by atoms with van der Waals surface area (Å²) >= 11 is 7.89. The molecule has 1 aromatic heterocycles. The van der Waals surface area contributed by atoms with Crippen LogP contribution in [0, 0.1) is 0 Å². The van der Waals surface area contributed by atoms with Crippen molar-refractivity contribution in [1.82, 2.24) is 8.75 Å². The molecule has 3 rings (SSSR count). The summed E-state index contributed by atoms with van der Waals surface area (Å²) in [5.74, 6) is 0.328. The third kappa shape index (κ3) is 3.29. The third-order valence-corrected chi connectivity index (χ3v) is 4.62. The molecule has 8 heteroatoms. The van der Waals surface area contributed by atoms with Gasteiger partial charge in [-0.25, -0.2) is 0 Å². The minimum Gasteiger partial charge on any atom is -0.481 e. The number of fused-ring (bicyclic) bond motifs is 1. The van der Waals surface area contributed by atoms with Crippen molar-refractivity contribution in [3.05, 3.63) is 45.3 Å². The van der Waals surface area contributed by atoms with Crippen molar-refractivity contribution >= 4 is 66.2 Å². The van der Waals surface area contributed by atoms with Crippen LogP contribution in [0.25, 0.3) is 11.0 Å². The number of benzene rings is 2. The number of hydrogen-bond donors (Lipinski definition) is 1. The van der Waals surface area contributed by atoms with E-state index in [1.165, 1.54) is 0 Å². The lowest BCUT2D eigenvalue weighted by atomic mass is 10.2. The highest BCUT2D eigenvalue weighted by molar-refractivity contribution is 9.11. The number of carbonyl (C=O) groups is 1. The Hall–Kier alpha value is -1.51. The second kappa shape index (κ2) is 6.72. The Morgan fingerprint density at radius 1 is 1.14 bits per heavy atom. The molecule has 1 heterocycles. The largest absolute Gasteiger partial charge is 0.481 e. The SMILES string of the molecule is O=C(COc1c(Br)cccc1Br)Nc1cccc2nsnc12. The van der Waals surface area contributed by atoms with E-state index in [2.05, 4.69) is 45.9 Å². The summed E-state index contributed by atoms with van der Waals surface area (Å²) in [6.45, 7) is -0.102. The van der Waals surface area contributed by atoms with Crippen molar-refractivity contribution in [2.24, 2.45) is 0 Å². The molecular formula is C14H9Br2N3O2S. The van der Waals surface area contributed by atoms with Crippen molar-refractivity contribution in [2.45, 2.75) is 0 Å². The molecule has 0 aliphatic carbocycles. The molecule has 0 saturated carbocycles. The van der Waals surface area contributed by atoms with E-state index in [4.69, 9.17) is 4.74 Å². The van der Waals surface area contributed by atoms with Gasteiger partial charge in [0, 0.05) is 0 Å². The zero-order valence-electron chi connectivity index (χ0n) is 11.0. The number of nitrogens with zero attached hydrogens (tertiary/aromatic N) is 2. The van der Waals surface area contributed by atoms with Gasteiger partial charge >= 0.3 is 0 Å². The van der Waals surface area contributed by atoms with Crippen LogP contribution in [0.3, 0.4) is 0 Å². The van der Waals surface area contributed by atoms with Crippen LogP contribution in [0.1, 0.15) is 0 Å². The number of carbonyl (C=O) groups excluding carboxylic acids is 1. The fraction of sp³-hybridized carbons (Fsp3) is 0.0714. The lowest BCUT2D eigenvalue weighted by Crippen LogP contribution is -2.20. The summed E-state index contributed by atoms with van der Waals surface area (Å²) < 4.78 is 15.4. The Balaban J connectivity index is 1.69. The molecule has 0 spiro atoms. The first-order valence-electron chi connectivity index (χ1n) is 6.23. The van der Waals surface area contributed by atoms with Crippen LogP contribution < -0.4 is 10.1 Å². The van der Waals surface area contributed by atoms with E-state index in [0.29, 0.717) is 17.0 Å². The van der Waals surface area contributed by atoms with E-state index in [1.807, 2.05) is 30.3 Å². The van der Waals surface area contributed by atoms with Crippen molar-refractivity contribution in [2.75, 3.05) is 11.9 Å². The first-order chi connectivity index (χ1) is 10.6. The van der Waals surface area contributed by atoms with Crippen LogP contribution in [-0.2, 0) is 4.79 Å². The average molecular weight is 443 g/mol. The Bertz CT molecular complexity index is 818. The summed E-state index contributed by atoms with van der Waals surface area (Å²) in [4.78, 5) is 12.1. The van der Waals surface area contributed by atoms with Crippen molar-refractivity contribution in [1.29, 1.82) is 0 Å². The molecule has 2 aromatic carbocycles. The van der Waals surface area contributed by atoms with Crippen LogP contribution in [0.5, 0.6) is 5.75 Å². The minimum absolute atomic E-state index is 0.102. The monoisotopic (exact) mass is 441 g/mol. The third-order valence-electron chi connectivity index (χ3n) is 2.83. The average Bonchev–Trinajstić information content (AvgIpc) is 2.96. The second-order valence-electron chi connectivity index (χ2n) is 4.33. The molecule has 0 aliphatic heterocycles. The molecule has 3 aromatic rings. The molecule has 0 aliphatic rings. The van der Waals surface area contributed by atoms with Gasteiger partial charge in [0.15, 0.2) is 6.61 Å². The van der Waals surface area contributed by atoms with Gasteiger partial charge < -0.3 is 10.1 Å². The van der Waals surface area contributed by atoms with Crippen LogP contribution in [0.4, 0.5) is 5.69 Å². The normalized spacial score (nSPS) is 10.6. The summed E-state index contributed by atoms with van der Waals surface area (Å²) in [6.07, 6.45) is 0. The van der Waals surface area contributed by atoms with E-state index in [-0.39, 0.29) is 12.5 Å². The van der Waals surface area contributed by atoms with Gasteiger partial charge in [-0.3, -0.25) is 4.79 Å². The van der Waals surface area contributed by atoms with Crippen LogP contribution >= 0.6 is 43.6 Å². The van der Waals surface area contributed by atoms with Crippen molar-refractivity contribution in [3.8, 4) is 5.75 Å². The molecule has 0 fully saturated rings. The summed E-state index contributed by atoms with van der Waals surface area (Å²) in [7, 11) is 0. The predicted molar refractivity (Wildman–Crippen MR) is 93.4 cm³/mol. The number of nitrogens with one attached hydrogen (secondary N) is 1. The molecule has 0 bridgehead atoms. The molecule has 0 radical (unpaired) electrons. The Kier molecular flexibility index (Phi) is 4.70. The maximum absolute atomic E-state index is 12.1. The van der Waals surface area contributed by atoms with E-state index in [0.717, 1.165) is 26.2 Å². The second-order valence-corrected chi connectivity index (χ2v) is 6.56. The van der Waals surface area contributed by atoms with E-state index in [1.54, 1.807) is 6.07 Å². The first kappa shape index (κ1) is 15.4. The Morgan fingerprint density at radius 3 is 2.64 bits per heavy atom. The number of amides is 1. The zero-order chi connectivity index (χ0) is 15.5. The molecule has 1 amide bonds. The molecule has 0 saturated heterocycles. The fourth-order valence-corrected chi connectivity index (χ4v) is 3.63. The highest BCUT2D eigenvalue weighted by Gasteiger charge is 2.11. The van der Waals surface area contributed by atoms with Crippen molar-refractivity contribution in [3.63, 3.8) is 0 Å². The lowest BCUT2D eigenvalue weighted by molar-refractivity contribution is -0.118. The Morgan fingerprint density at radius 2 is 1.86 bits per heavy atom. The number of ether oxygens (including phenoxy) is 1. The van der Waals surface area contributed by atoms with Gasteiger partial charge in [0.05, 0.1) is 26.4 Å². The minimum atomic E-state index is -0.261. The van der Waals surface area contributed by atoms with E-state index < -0.39 is 0 Å². The summed E-state index contributed by atoms with van der Waals surface area (Å²) in [5.41, 5.74) is 2.08. The number of rotatable bonds is 4. The maximum Gasteiger partial charge on any atom is 0.262 e. The van der Waals surface area contributed by atoms with Gasteiger partial charge in [-0.1, -0.05) is 12.1 Å². The standard InChI is InChI=1S/C14H9Br2N3O2S/c15-8-3-1-4-9(16)14(8)21-7-12(20)17-10-5-2-6-11-13(10)19-22-18-11/h1-6H,7H2,(H,17,20). The van der Waals surface area contributed by atoms with Crippen LogP contribution in [0.2, 0.25) is 0 Å². The van der Waals surface area contributed by atoms with Crippen molar-refractivity contribution < 1.29 is 9.53 Å². The first-order valence-corrected chi connectivity index (χ1v) is 8.55. The number of aromatic nitrogens is 2. The number of hydrogen-bond acceptors (Lipinski definition) is 5. The highest BCUT2D eigenvalue weighted by Crippen LogP contribution is 2.32. The molecule has 0 atom stereocenters. The zero-order valence-corrected chi connectivity index (χ0v) is 15.0. The maximum atomic E-state index is 12.1. The number of anilines is 1. The topological polar surface area (TPSA) is 64.1 Å². The predicted octanol–water partition coefficient (Wildman–Crippen LogP) is 4.23. The van der Waals surface area contributed by atoms with Crippen LogP contribution in [0.15, 0.2) is 45.3 Å². The van der Waals surface area contributed by atoms with Crippen LogP contribution in [-0.4, -0.2) is 21.3 Å². The molecular weight excluding hydrogens is 434 g/mol. The number of para-hydroxylation sites is 1. The molecule has 5 nitrogen and oxygen atoms in total. The van der Waals surface area contributed by atoms with Gasteiger partial charge in [0.1, 0.15) is 16.8 Å². The highest BCUT2D eigenvalue weighted by atomic mass is 79.9. The molecule has 1 N–H and O–H groups in total. The Labute approximate surface area is 147 Å². The molecule has 22 heavy (non-hydrogen) atoms. The summed E-state index contributed by atoms with van der Waals surface area (Å²) in [6, 6.07) is 11.0. The van der Waals surface area contributed by atoms with Gasteiger partial charge in [-0.15, -0.1) is 0 Å². The number of halogens is 2. The van der Waals surface area contributed by atoms with Gasteiger partial charge in [-0.05, 0) is 56.1 Å². The quantitative estimate of drug-likeness (QED) is 0.656. The lowest BCUT2D eigenvalue weighted by Gasteiger charge is -2.10. The van der Waals surface area contributed by atoms with E-state index in [9.17, 15) is 4.79 Å².